The van der Waals surface area contributed by atoms with E-state index in [0.717, 1.165) is 66.8 Å². The van der Waals surface area contributed by atoms with Gasteiger partial charge in [0, 0.05) is 22.3 Å². The van der Waals surface area contributed by atoms with Gasteiger partial charge in [0.2, 0.25) is 0 Å². The van der Waals surface area contributed by atoms with Crippen LogP contribution in [-0.2, 0) is 5.41 Å². The van der Waals surface area contributed by atoms with Gasteiger partial charge in [0.15, 0.2) is 34.9 Å². The second-order valence-electron chi connectivity index (χ2n) is 13.9. The molecule has 8 aromatic rings. The van der Waals surface area contributed by atoms with Gasteiger partial charge in [-0.25, -0.2) is 29.9 Å². The highest BCUT2D eigenvalue weighted by Gasteiger charge is 2.51. The highest BCUT2D eigenvalue weighted by molar-refractivity contribution is 5.85. The third-order valence-corrected chi connectivity index (χ3v) is 10.1. The van der Waals surface area contributed by atoms with Crippen molar-refractivity contribution in [2.24, 2.45) is 0 Å². The van der Waals surface area contributed by atoms with Gasteiger partial charge in [-0.2, -0.15) is 0 Å². The normalized spacial score (nSPS) is 12.7. The van der Waals surface area contributed by atoms with Crippen molar-refractivity contribution in [3.05, 3.63) is 191 Å². The lowest BCUT2D eigenvalue weighted by Crippen LogP contribution is -2.34. The summed E-state index contributed by atoms with van der Waals surface area (Å²) in [7, 11) is 0. The summed E-state index contributed by atoms with van der Waals surface area (Å²) in [6, 6.07) is 50.3. The summed E-state index contributed by atoms with van der Waals surface area (Å²) >= 11 is 0. The predicted octanol–water partition coefficient (Wildman–Crippen LogP) is 10.3. The summed E-state index contributed by atoms with van der Waals surface area (Å²) in [4.78, 5) is 31.9. The molecule has 0 radical (unpaired) electrons. The minimum Gasteiger partial charge on any atom is -0.211 e. The van der Waals surface area contributed by atoms with Crippen molar-refractivity contribution in [1.29, 1.82) is 0 Å². The second kappa shape index (κ2) is 12.8. The van der Waals surface area contributed by atoms with Crippen LogP contribution in [-0.4, -0.2) is 29.9 Å². The first-order valence-electron chi connectivity index (χ1n) is 17.9. The molecular formula is C47H36N6. The number of hydrogen-bond donors (Lipinski definition) is 0. The Bertz CT molecular complexity index is 2310. The molecule has 0 saturated heterocycles. The van der Waals surface area contributed by atoms with E-state index in [1.165, 1.54) is 0 Å². The predicted molar refractivity (Wildman–Crippen MR) is 211 cm³/mol. The molecule has 0 atom stereocenters. The molecule has 0 saturated carbocycles. The summed E-state index contributed by atoms with van der Waals surface area (Å²) in [5.41, 5.74) is 11.3. The molecule has 0 amide bonds. The Morgan fingerprint density at radius 1 is 0.302 bits per heavy atom. The summed E-state index contributed by atoms with van der Waals surface area (Å²) < 4.78 is 0. The van der Waals surface area contributed by atoms with Gasteiger partial charge < -0.3 is 0 Å². The molecule has 0 bridgehead atoms. The maximum atomic E-state index is 5.41. The SMILES string of the molecule is Cc1ccc(-c2nc(-c3ccc(C)cc3)nc(C3(c4nc(-c5ccc(C)cc5)nc(-c5ccc(C)cc5)n4)c4ccccc4-c4ccccc43)n2)cc1. The van der Waals surface area contributed by atoms with E-state index in [0.29, 0.717) is 34.9 Å². The minimum atomic E-state index is -1.11. The van der Waals surface area contributed by atoms with Crippen molar-refractivity contribution in [2.45, 2.75) is 33.1 Å². The Morgan fingerprint density at radius 2 is 0.566 bits per heavy atom. The molecule has 0 unspecified atom stereocenters. The molecule has 254 valence electrons. The van der Waals surface area contributed by atoms with Crippen LogP contribution in [0.5, 0.6) is 0 Å². The van der Waals surface area contributed by atoms with Crippen molar-refractivity contribution < 1.29 is 0 Å². The fraction of sp³-hybridized carbons (Fsp3) is 0.106. The van der Waals surface area contributed by atoms with E-state index < -0.39 is 5.41 Å². The zero-order chi connectivity index (χ0) is 36.1. The second-order valence-corrected chi connectivity index (χ2v) is 13.9. The van der Waals surface area contributed by atoms with Gasteiger partial charge in [0.25, 0.3) is 0 Å². The average molecular weight is 685 g/mol. The van der Waals surface area contributed by atoms with Gasteiger partial charge in [0.1, 0.15) is 5.41 Å². The number of rotatable bonds is 6. The molecule has 9 rings (SSSR count). The van der Waals surface area contributed by atoms with Crippen LogP contribution < -0.4 is 0 Å². The maximum absolute atomic E-state index is 5.41. The molecule has 0 aliphatic heterocycles. The first-order valence-corrected chi connectivity index (χ1v) is 17.9. The van der Waals surface area contributed by atoms with Crippen LogP contribution in [0.25, 0.3) is 56.7 Å². The van der Waals surface area contributed by atoms with Crippen LogP contribution >= 0.6 is 0 Å². The minimum absolute atomic E-state index is 0.548. The van der Waals surface area contributed by atoms with Crippen molar-refractivity contribution in [3.8, 4) is 56.7 Å². The lowest BCUT2D eigenvalue weighted by Gasteiger charge is -2.30. The highest BCUT2D eigenvalue weighted by atomic mass is 15.1. The number of hydrogen-bond acceptors (Lipinski definition) is 6. The van der Waals surface area contributed by atoms with Crippen molar-refractivity contribution in [3.63, 3.8) is 0 Å². The third kappa shape index (κ3) is 5.60. The topological polar surface area (TPSA) is 77.3 Å². The van der Waals surface area contributed by atoms with Crippen molar-refractivity contribution in [2.75, 3.05) is 0 Å². The van der Waals surface area contributed by atoms with E-state index >= 15 is 0 Å². The lowest BCUT2D eigenvalue weighted by atomic mass is 9.76. The Balaban J connectivity index is 1.42. The Morgan fingerprint density at radius 3 is 0.849 bits per heavy atom. The smallest absolute Gasteiger partial charge is 0.163 e. The quantitative estimate of drug-likeness (QED) is 0.174. The number of benzene rings is 6. The first-order chi connectivity index (χ1) is 25.9. The van der Waals surface area contributed by atoms with Gasteiger partial charge in [-0.3, -0.25) is 0 Å². The highest BCUT2D eigenvalue weighted by Crippen LogP contribution is 2.54. The molecule has 0 fully saturated rings. The standard InChI is InChI=1S/C47H36N6/c1-29-13-21-33(22-14-29)41-48-42(34-23-15-30(2)16-24-34)51-45(50-41)47(39-11-7-5-9-37(39)38-10-6-8-12-40(38)47)46-52-43(35-25-17-31(3)18-26-35)49-44(53-46)36-27-19-32(4)20-28-36/h5-28H,1-4H3. The fourth-order valence-corrected chi connectivity index (χ4v) is 7.23. The van der Waals surface area contributed by atoms with E-state index in [-0.39, 0.29) is 0 Å². The molecular weight excluding hydrogens is 649 g/mol. The zero-order valence-electron chi connectivity index (χ0n) is 30.0. The molecule has 6 aromatic carbocycles. The van der Waals surface area contributed by atoms with Gasteiger partial charge in [-0.15, -0.1) is 0 Å². The number of aryl methyl sites for hydroxylation is 4. The summed E-state index contributed by atoms with van der Waals surface area (Å²) in [5.74, 6) is 3.42. The van der Waals surface area contributed by atoms with Gasteiger partial charge in [0.05, 0.1) is 0 Å². The Kier molecular flexibility index (Phi) is 7.81. The van der Waals surface area contributed by atoms with E-state index in [9.17, 15) is 0 Å². The summed E-state index contributed by atoms with van der Waals surface area (Å²) in [6.45, 7) is 8.33. The molecule has 2 aromatic heterocycles. The summed E-state index contributed by atoms with van der Waals surface area (Å²) in [5, 5.41) is 0. The number of aromatic nitrogens is 6. The van der Waals surface area contributed by atoms with E-state index in [2.05, 4.69) is 173 Å². The number of fused-ring (bicyclic) bond motifs is 3. The van der Waals surface area contributed by atoms with Gasteiger partial charge >= 0.3 is 0 Å². The molecule has 6 nitrogen and oxygen atoms in total. The lowest BCUT2D eigenvalue weighted by molar-refractivity contribution is 0.639. The average Bonchev–Trinajstić information content (AvgIpc) is 3.50. The van der Waals surface area contributed by atoms with Gasteiger partial charge in [-0.05, 0) is 49.9 Å². The van der Waals surface area contributed by atoms with Crippen LogP contribution in [0, 0.1) is 27.7 Å². The zero-order valence-corrected chi connectivity index (χ0v) is 30.0. The van der Waals surface area contributed by atoms with Crippen molar-refractivity contribution in [1.82, 2.24) is 29.9 Å². The largest absolute Gasteiger partial charge is 0.211 e. The molecule has 2 heterocycles. The first kappa shape index (κ1) is 32.3. The Hall–Kier alpha value is -6.66. The molecule has 1 aliphatic carbocycles. The summed E-state index contributed by atoms with van der Waals surface area (Å²) in [6.07, 6.45) is 0. The Labute approximate surface area is 309 Å². The van der Waals surface area contributed by atoms with E-state index in [1.807, 2.05) is 0 Å². The molecule has 6 heteroatoms. The molecule has 53 heavy (non-hydrogen) atoms. The van der Waals surface area contributed by atoms with E-state index in [1.54, 1.807) is 0 Å². The maximum Gasteiger partial charge on any atom is 0.163 e. The van der Waals surface area contributed by atoms with Crippen LogP contribution in [0.2, 0.25) is 0 Å². The molecule has 0 N–H and O–H groups in total. The van der Waals surface area contributed by atoms with Crippen LogP contribution in [0.4, 0.5) is 0 Å². The van der Waals surface area contributed by atoms with Crippen LogP contribution in [0.3, 0.4) is 0 Å². The van der Waals surface area contributed by atoms with E-state index in [4.69, 9.17) is 29.9 Å². The monoisotopic (exact) mass is 684 g/mol. The van der Waals surface area contributed by atoms with Gasteiger partial charge in [-0.1, -0.05) is 168 Å². The fourth-order valence-electron chi connectivity index (χ4n) is 7.23. The van der Waals surface area contributed by atoms with Crippen LogP contribution in [0.15, 0.2) is 146 Å². The van der Waals surface area contributed by atoms with Crippen LogP contribution in [0.1, 0.15) is 45.0 Å². The van der Waals surface area contributed by atoms with Crippen molar-refractivity contribution >= 4 is 0 Å². The molecule has 0 spiro atoms. The molecule has 1 aliphatic rings. The number of nitrogens with zero attached hydrogens (tertiary/aromatic N) is 6. The third-order valence-electron chi connectivity index (χ3n) is 10.1.